The van der Waals surface area contributed by atoms with Gasteiger partial charge in [-0.3, -0.25) is 0 Å². The van der Waals surface area contributed by atoms with Gasteiger partial charge in [0.15, 0.2) is 0 Å². The molecule has 134 valence electrons. The van der Waals surface area contributed by atoms with Gasteiger partial charge in [-0.05, 0) is 60.6 Å². The molecule has 0 saturated carbocycles. The molecule has 0 aliphatic rings. The van der Waals surface area contributed by atoms with Crippen LogP contribution in [0.3, 0.4) is 0 Å². The van der Waals surface area contributed by atoms with E-state index in [2.05, 4.69) is 28.3 Å². The molecule has 0 heterocycles. The predicted molar refractivity (Wildman–Crippen MR) is 112 cm³/mol. The Labute approximate surface area is 158 Å². The van der Waals surface area contributed by atoms with Crippen LogP contribution in [0.1, 0.15) is 18.1 Å². The monoisotopic (exact) mass is 384 g/mol. The molecule has 0 aromatic heterocycles. The van der Waals surface area contributed by atoms with Crippen LogP contribution in [0.2, 0.25) is 0 Å². The fourth-order valence-electron chi connectivity index (χ4n) is 2.23. The second kappa shape index (κ2) is 9.03. The highest BCUT2D eigenvalue weighted by Gasteiger charge is 2.19. The van der Waals surface area contributed by atoms with Gasteiger partial charge in [0.05, 0.1) is 0 Å². The molecule has 5 heteroatoms. The van der Waals surface area contributed by atoms with E-state index in [1.807, 2.05) is 67.6 Å². The van der Waals surface area contributed by atoms with Crippen LogP contribution in [-0.4, -0.2) is 0 Å². The molecular formula is C21H22O3P2. The van der Waals surface area contributed by atoms with E-state index in [1.54, 1.807) is 0 Å². The van der Waals surface area contributed by atoms with Crippen molar-refractivity contribution in [2.24, 2.45) is 0 Å². The highest BCUT2D eigenvalue weighted by molar-refractivity contribution is 7.43. The van der Waals surface area contributed by atoms with E-state index in [0.717, 1.165) is 23.2 Å². The van der Waals surface area contributed by atoms with Crippen molar-refractivity contribution in [3.8, 4) is 17.2 Å². The molecule has 0 radical (unpaired) electrons. The maximum absolute atomic E-state index is 6.00. The third kappa shape index (κ3) is 5.46. The fourth-order valence-corrected chi connectivity index (χ4v) is 3.41. The molecule has 0 bridgehead atoms. The van der Waals surface area contributed by atoms with Crippen molar-refractivity contribution in [3.63, 3.8) is 0 Å². The van der Waals surface area contributed by atoms with Gasteiger partial charge in [0.1, 0.15) is 17.2 Å². The Morgan fingerprint density at radius 2 is 1.12 bits per heavy atom. The minimum atomic E-state index is -1.63. The van der Waals surface area contributed by atoms with E-state index in [9.17, 15) is 0 Å². The minimum Gasteiger partial charge on any atom is -0.409 e. The number of hydrogen-bond acceptors (Lipinski definition) is 3. The molecule has 3 rings (SSSR count). The summed E-state index contributed by atoms with van der Waals surface area (Å²) >= 11 is 0. The summed E-state index contributed by atoms with van der Waals surface area (Å²) in [7, 11) is 1.03. The molecule has 0 aliphatic carbocycles. The summed E-state index contributed by atoms with van der Waals surface area (Å²) < 4.78 is 18.0. The Balaban J connectivity index is 1.76. The normalized spacial score (nSPS) is 11.7. The van der Waals surface area contributed by atoms with Crippen molar-refractivity contribution in [2.45, 2.75) is 20.3 Å². The van der Waals surface area contributed by atoms with E-state index in [1.165, 1.54) is 11.1 Å². The lowest BCUT2D eigenvalue weighted by Crippen LogP contribution is -2.03. The molecule has 26 heavy (non-hydrogen) atoms. The molecule has 0 spiro atoms. The third-order valence-corrected chi connectivity index (χ3v) is 5.24. The average Bonchev–Trinajstić information content (AvgIpc) is 2.66. The molecular weight excluding hydrogens is 362 g/mol. The number of aryl methyl sites for hydroxylation is 2. The Morgan fingerprint density at radius 1 is 0.692 bits per heavy atom. The van der Waals surface area contributed by atoms with Crippen LogP contribution in [0.15, 0.2) is 72.8 Å². The summed E-state index contributed by atoms with van der Waals surface area (Å²) in [5, 5.41) is 1.09. The molecule has 0 saturated heterocycles. The third-order valence-electron chi connectivity index (χ3n) is 3.77. The molecule has 2 atom stereocenters. The van der Waals surface area contributed by atoms with Crippen molar-refractivity contribution in [2.75, 3.05) is 0 Å². The van der Waals surface area contributed by atoms with Crippen LogP contribution in [0.5, 0.6) is 17.2 Å². The van der Waals surface area contributed by atoms with Gasteiger partial charge in [0, 0.05) is 0 Å². The average molecular weight is 384 g/mol. The first kappa shape index (κ1) is 18.7. The van der Waals surface area contributed by atoms with Gasteiger partial charge < -0.3 is 13.6 Å². The Bertz CT molecular complexity index is 768. The molecule has 0 amide bonds. The van der Waals surface area contributed by atoms with Gasteiger partial charge in [-0.25, -0.2) is 0 Å². The molecule has 2 unspecified atom stereocenters. The number of rotatable bonds is 7. The van der Waals surface area contributed by atoms with E-state index >= 15 is 0 Å². The Hall–Kier alpha value is -2.08. The van der Waals surface area contributed by atoms with Crippen molar-refractivity contribution in [1.82, 2.24) is 0 Å². The summed E-state index contributed by atoms with van der Waals surface area (Å²) in [4.78, 5) is 0. The summed E-state index contributed by atoms with van der Waals surface area (Å²) in [6, 6.07) is 23.6. The minimum absolute atomic E-state index is 0.708. The van der Waals surface area contributed by atoms with Gasteiger partial charge in [0.25, 0.3) is 0 Å². The van der Waals surface area contributed by atoms with Crippen molar-refractivity contribution >= 4 is 23.1 Å². The van der Waals surface area contributed by atoms with Crippen LogP contribution in [0.25, 0.3) is 0 Å². The molecule has 0 N–H and O–H groups in total. The highest BCUT2D eigenvalue weighted by Crippen LogP contribution is 2.42. The van der Waals surface area contributed by atoms with E-state index < -0.39 is 8.60 Å². The maximum Gasteiger partial charge on any atom is 0.530 e. The second-order valence-electron chi connectivity index (χ2n) is 5.88. The quantitative estimate of drug-likeness (QED) is 0.480. The smallest absolute Gasteiger partial charge is 0.409 e. The zero-order chi connectivity index (χ0) is 18.4. The summed E-state index contributed by atoms with van der Waals surface area (Å²) in [6.07, 6.45) is 0.993. The number of hydrogen-bond donors (Lipinski definition) is 0. The molecule has 0 fully saturated rings. The van der Waals surface area contributed by atoms with Gasteiger partial charge in [-0.2, -0.15) is 0 Å². The van der Waals surface area contributed by atoms with Crippen molar-refractivity contribution in [3.05, 3.63) is 83.9 Å². The zero-order valence-electron chi connectivity index (χ0n) is 14.9. The van der Waals surface area contributed by atoms with Crippen LogP contribution < -0.4 is 18.9 Å². The van der Waals surface area contributed by atoms with Gasteiger partial charge in [-0.15, -0.1) is 9.24 Å². The largest absolute Gasteiger partial charge is 0.530 e. The predicted octanol–water partition coefficient (Wildman–Crippen LogP) is 5.82. The first-order valence-electron chi connectivity index (χ1n) is 8.47. The SMILES string of the molecule is CCc1ccc(OP(Oc2ccc(C)cc2)Oc2ccc(P)cc2)cc1. The van der Waals surface area contributed by atoms with Crippen LogP contribution in [0.4, 0.5) is 0 Å². The molecule has 3 aromatic carbocycles. The summed E-state index contributed by atoms with van der Waals surface area (Å²) in [6.45, 7) is 4.17. The van der Waals surface area contributed by atoms with Gasteiger partial charge in [-0.1, -0.05) is 48.9 Å². The second-order valence-corrected chi connectivity index (χ2v) is 7.54. The van der Waals surface area contributed by atoms with Crippen molar-refractivity contribution < 1.29 is 13.6 Å². The lowest BCUT2D eigenvalue weighted by molar-refractivity contribution is 0.388. The highest BCUT2D eigenvalue weighted by atomic mass is 31.2. The fraction of sp³-hybridized carbons (Fsp3) is 0.143. The maximum atomic E-state index is 6.00. The number of benzene rings is 3. The summed E-state index contributed by atoms with van der Waals surface area (Å²) in [5.74, 6) is 2.15. The molecule has 3 nitrogen and oxygen atoms in total. The lowest BCUT2D eigenvalue weighted by atomic mass is 10.2. The Morgan fingerprint density at radius 3 is 1.58 bits per heavy atom. The standard InChI is InChI=1S/C21H22O3P2/c1-3-17-6-10-19(11-7-17)23-26(22-18-8-4-16(2)5-9-18)24-20-12-14-21(25)15-13-20/h4-15H,3,25H2,1-2H3. The van der Waals surface area contributed by atoms with Gasteiger partial charge in [0.2, 0.25) is 0 Å². The van der Waals surface area contributed by atoms with Crippen LogP contribution in [-0.2, 0) is 6.42 Å². The lowest BCUT2D eigenvalue weighted by Gasteiger charge is -2.18. The Kier molecular flexibility index (Phi) is 6.50. The first-order chi connectivity index (χ1) is 12.6. The zero-order valence-corrected chi connectivity index (χ0v) is 16.9. The molecule has 3 aromatic rings. The van der Waals surface area contributed by atoms with E-state index in [4.69, 9.17) is 13.6 Å². The van der Waals surface area contributed by atoms with E-state index in [-0.39, 0.29) is 0 Å². The topological polar surface area (TPSA) is 27.7 Å². The van der Waals surface area contributed by atoms with E-state index in [0.29, 0.717) is 5.75 Å². The van der Waals surface area contributed by atoms with Crippen LogP contribution in [0, 0.1) is 6.92 Å². The van der Waals surface area contributed by atoms with Gasteiger partial charge >= 0.3 is 8.60 Å². The van der Waals surface area contributed by atoms with Crippen LogP contribution >= 0.6 is 17.8 Å². The summed E-state index contributed by atoms with van der Waals surface area (Å²) in [5.41, 5.74) is 2.44. The first-order valence-corrected chi connectivity index (χ1v) is 10.1. The van der Waals surface area contributed by atoms with Crippen molar-refractivity contribution in [1.29, 1.82) is 0 Å². The molecule has 0 aliphatic heterocycles.